The van der Waals surface area contributed by atoms with Crippen molar-refractivity contribution < 1.29 is 19.4 Å². The minimum absolute atomic E-state index is 0.0493. The van der Waals surface area contributed by atoms with Crippen molar-refractivity contribution >= 4 is 11.9 Å². The van der Waals surface area contributed by atoms with Crippen LogP contribution in [-0.4, -0.2) is 72.2 Å². The van der Waals surface area contributed by atoms with Gasteiger partial charge >= 0.3 is 5.97 Å². The molecule has 1 aliphatic heterocycles. The number of carbonyl (C=O) groups excluding carboxylic acids is 1. The zero-order valence-electron chi connectivity index (χ0n) is 14.2. The normalized spacial score (nSPS) is 34.2. The van der Waals surface area contributed by atoms with Crippen LogP contribution in [0.1, 0.15) is 27.7 Å². The Balaban J connectivity index is 1.84. The molecule has 1 saturated heterocycles. The summed E-state index contributed by atoms with van der Waals surface area (Å²) < 4.78 is 5.70. The molecule has 1 saturated carbocycles. The fourth-order valence-electron chi connectivity index (χ4n) is 3.67. The summed E-state index contributed by atoms with van der Waals surface area (Å²) in [6.07, 6.45) is 0.423. The first-order valence-corrected chi connectivity index (χ1v) is 8.00. The Bertz CT molecular complexity index is 441. The Labute approximate surface area is 132 Å². The average Bonchev–Trinajstić information content (AvgIpc) is 2.97. The largest absolute Gasteiger partial charge is 0.481 e. The third kappa shape index (κ3) is 3.43. The third-order valence-electron chi connectivity index (χ3n) is 4.98. The van der Waals surface area contributed by atoms with E-state index in [1.54, 1.807) is 11.9 Å². The Kier molecular flexibility index (Phi) is 4.82. The number of carboxylic acids is 1. The number of hydrogen-bond acceptors (Lipinski definition) is 4. The van der Waals surface area contributed by atoms with Gasteiger partial charge in [-0.05, 0) is 19.3 Å². The summed E-state index contributed by atoms with van der Waals surface area (Å²) in [5.41, 5.74) is -0.431. The van der Waals surface area contributed by atoms with E-state index in [-0.39, 0.29) is 18.1 Å². The van der Waals surface area contributed by atoms with Gasteiger partial charge in [0.2, 0.25) is 5.91 Å². The van der Waals surface area contributed by atoms with E-state index in [4.69, 9.17) is 4.74 Å². The van der Waals surface area contributed by atoms with Crippen LogP contribution in [0.3, 0.4) is 0 Å². The molecule has 1 aliphatic carbocycles. The van der Waals surface area contributed by atoms with E-state index < -0.39 is 23.2 Å². The van der Waals surface area contributed by atoms with Gasteiger partial charge in [-0.1, -0.05) is 13.8 Å². The van der Waals surface area contributed by atoms with Gasteiger partial charge in [0.05, 0.1) is 24.0 Å². The number of likely N-dealkylation sites (N-methyl/N-ethyl adjacent to an activating group) is 1. The number of morpholine rings is 1. The van der Waals surface area contributed by atoms with Crippen molar-refractivity contribution in [2.45, 2.75) is 39.9 Å². The van der Waals surface area contributed by atoms with Crippen LogP contribution in [0, 0.1) is 17.3 Å². The molecule has 0 aromatic carbocycles. The highest BCUT2D eigenvalue weighted by Crippen LogP contribution is 2.58. The maximum absolute atomic E-state index is 12.5. The van der Waals surface area contributed by atoms with Crippen molar-refractivity contribution in [3.8, 4) is 0 Å². The number of carboxylic acid groups (broad SMARTS) is 1. The van der Waals surface area contributed by atoms with Crippen LogP contribution in [0.5, 0.6) is 0 Å². The molecule has 0 radical (unpaired) electrons. The summed E-state index contributed by atoms with van der Waals surface area (Å²) in [4.78, 5) is 27.6. The van der Waals surface area contributed by atoms with Crippen LogP contribution < -0.4 is 0 Å². The maximum atomic E-state index is 12.5. The molecule has 0 unspecified atom stereocenters. The summed E-state index contributed by atoms with van der Waals surface area (Å²) in [7, 11) is 1.77. The smallest absolute Gasteiger partial charge is 0.307 e. The van der Waals surface area contributed by atoms with Crippen molar-refractivity contribution in [2.24, 2.45) is 17.3 Å². The summed E-state index contributed by atoms with van der Waals surface area (Å²) in [5.74, 6) is -1.86. The van der Waals surface area contributed by atoms with Crippen molar-refractivity contribution in [1.29, 1.82) is 0 Å². The molecule has 6 heteroatoms. The second kappa shape index (κ2) is 6.16. The van der Waals surface area contributed by atoms with Gasteiger partial charge < -0.3 is 14.7 Å². The van der Waals surface area contributed by atoms with Gasteiger partial charge in [0, 0.05) is 33.2 Å². The number of amides is 1. The fraction of sp³-hybridized carbons (Fsp3) is 0.875. The third-order valence-corrected chi connectivity index (χ3v) is 4.98. The van der Waals surface area contributed by atoms with Gasteiger partial charge in [-0.25, -0.2) is 0 Å². The highest BCUT2D eigenvalue weighted by molar-refractivity contribution is 5.91. The first-order chi connectivity index (χ1) is 10.1. The van der Waals surface area contributed by atoms with E-state index in [9.17, 15) is 14.7 Å². The Morgan fingerprint density at radius 1 is 1.23 bits per heavy atom. The fourth-order valence-corrected chi connectivity index (χ4v) is 3.67. The maximum Gasteiger partial charge on any atom is 0.307 e. The summed E-state index contributed by atoms with van der Waals surface area (Å²) in [6.45, 7) is 11.0. The minimum atomic E-state index is -0.868. The molecule has 22 heavy (non-hydrogen) atoms. The van der Waals surface area contributed by atoms with Gasteiger partial charge in [-0.2, -0.15) is 0 Å². The lowest BCUT2D eigenvalue weighted by Crippen LogP contribution is -2.48. The molecule has 2 fully saturated rings. The molecule has 2 rings (SSSR count). The molecular formula is C16H28N2O4. The van der Waals surface area contributed by atoms with Crippen LogP contribution >= 0.6 is 0 Å². The van der Waals surface area contributed by atoms with E-state index in [2.05, 4.69) is 18.7 Å². The number of nitrogens with zero attached hydrogens (tertiary/aromatic N) is 2. The molecule has 4 atom stereocenters. The second-order valence-electron chi connectivity index (χ2n) is 7.39. The van der Waals surface area contributed by atoms with Crippen LogP contribution in [0.15, 0.2) is 0 Å². The highest BCUT2D eigenvalue weighted by Gasteiger charge is 2.66. The lowest BCUT2D eigenvalue weighted by Gasteiger charge is -2.36. The van der Waals surface area contributed by atoms with Gasteiger partial charge in [0.25, 0.3) is 0 Å². The summed E-state index contributed by atoms with van der Waals surface area (Å²) >= 11 is 0. The van der Waals surface area contributed by atoms with E-state index in [1.807, 2.05) is 13.8 Å². The van der Waals surface area contributed by atoms with Gasteiger partial charge in [0.15, 0.2) is 0 Å². The number of hydrogen-bond donors (Lipinski definition) is 1. The lowest BCUT2D eigenvalue weighted by molar-refractivity contribution is -0.141. The number of carbonyl (C=O) groups is 2. The Morgan fingerprint density at radius 3 is 2.23 bits per heavy atom. The zero-order chi connectivity index (χ0) is 16.7. The monoisotopic (exact) mass is 312 g/mol. The predicted octanol–water partition coefficient (Wildman–Crippen LogP) is 0.911. The quantitative estimate of drug-likeness (QED) is 0.817. The van der Waals surface area contributed by atoms with E-state index >= 15 is 0 Å². The van der Waals surface area contributed by atoms with Crippen molar-refractivity contribution in [1.82, 2.24) is 9.80 Å². The summed E-state index contributed by atoms with van der Waals surface area (Å²) in [6, 6.07) is 0. The highest BCUT2D eigenvalue weighted by atomic mass is 16.5. The molecule has 0 spiro atoms. The summed E-state index contributed by atoms with van der Waals surface area (Å²) in [5, 5.41) is 9.19. The van der Waals surface area contributed by atoms with Crippen molar-refractivity contribution in [2.75, 3.05) is 33.2 Å². The molecule has 6 nitrogen and oxygen atoms in total. The minimum Gasteiger partial charge on any atom is -0.481 e. The van der Waals surface area contributed by atoms with E-state index in [0.717, 1.165) is 19.6 Å². The van der Waals surface area contributed by atoms with Gasteiger partial charge in [0.1, 0.15) is 0 Å². The lowest BCUT2D eigenvalue weighted by atomic mass is 10.1. The molecule has 1 amide bonds. The zero-order valence-corrected chi connectivity index (χ0v) is 14.2. The van der Waals surface area contributed by atoms with Crippen molar-refractivity contribution in [3.05, 3.63) is 0 Å². The Hall–Kier alpha value is -1.14. The van der Waals surface area contributed by atoms with Crippen LogP contribution in [0.2, 0.25) is 0 Å². The van der Waals surface area contributed by atoms with E-state index in [0.29, 0.717) is 6.54 Å². The molecule has 0 aromatic rings. The molecule has 1 N–H and O–H groups in total. The van der Waals surface area contributed by atoms with Gasteiger partial charge in [-0.3, -0.25) is 14.5 Å². The average molecular weight is 312 g/mol. The number of ether oxygens (including phenoxy) is 1. The molecule has 0 aromatic heterocycles. The first-order valence-electron chi connectivity index (χ1n) is 8.00. The molecule has 126 valence electrons. The SMILES string of the molecule is C[C@@H]1CN(CCN(C)C(=O)[C@@H]2[C@H](C(=O)O)C2(C)C)C[C@H](C)O1. The van der Waals surface area contributed by atoms with Crippen LogP contribution in [0.25, 0.3) is 0 Å². The first kappa shape index (κ1) is 17.2. The van der Waals surface area contributed by atoms with Gasteiger partial charge in [-0.15, -0.1) is 0 Å². The molecular weight excluding hydrogens is 284 g/mol. The standard InChI is InChI=1S/C16H28N2O4/c1-10-8-18(9-11(2)22-10)7-6-17(5)14(19)12-13(15(20)21)16(12,3)4/h10-13H,6-9H2,1-5H3,(H,20,21)/t10-,11+,12-,13+/m0/s1. The number of aliphatic carboxylic acids is 1. The van der Waals surface area contributed by atoms with Crippen LogP contribution in [-0.2, 0) is 14.3 Å². The molecule has 2 aliphatic rings. The number of rotatable bonds is 5. The molecule has 0 bridgehead atoms. The molecule has 1 heterocycles. The van der Waals surface area contributed by atoms with Crippen molar-refractivity contribution in [3.63, 3.8) is 0 Å². The van der Waals surface area contributed by atoms with E-state index in [1.165, 1.54) is 0 Å². The second-order valence-corrected chi connectivity index (χ2v) is 7.39. The predicted molar refractivity (Wildman–Crippen MR) is 82.5 cm³/mol. The van der Waals surface area contributed by atoms with Crippen LogP contribution in [0.4, 0.5) is 0 Å². The topological polar surface area (TPSA) is 70.1 Å². The Morgan fingerprint density at radius 2 is 1.77 bits per heavy atom.